The highest BCUT2D eigenvalue weighted by molar-refractivity contribution is 6.32. The van der Waals surface area contributed by atoms with E-state index >= 15 is 0 Å². The Morgan fingerprint density at radius 2 is 2.18 bits per heavy atom. The van der Waals surface area contributed by atoms with Gasteiger partial charge in [0.15, 0.2) is 0 Å². The lowest BCUT2D eigenvalue weighted by molar-refractivity contribution is 0.204. The van der Waals surface area contributed by atoms with Crippen LogP contribution in [0.4, 0.5) is 5.69 Å². The number of anilines is 1. The summed E-state index contributed by atoms with van der Waals surface area (Å²) < 4.78 is 5.09. The van der Waals surface area contributed by atoms with Crippen LogP contribution in [0.2, 0.25) is 5.02 Å². The number of rotatable bonds is 5. The second kappa shape index (κ2) is 6.48. The molecule has 0 aliphatic carbocycles. The third kappa shape index (κ3) is 3.36. The zero-order valence-corrected chi connectivity index (χ0v) is 11.2. The first-order valence-electron chi connectivity index (χ1n) is 5.56. The highest BCUT2D eigenvalue weighted by atomic mass is 35.5. The molecular weight excluding hydrogens is 236 g/mol. The van der Waals surface area contributed by atoms with E-state index in [4.69, 9.17) is 21.6 Å². The highest BCUT2D eigenvalue weighted by Gasteiger charge is 2.15. The van der Waals surface area contributed by atoms with Gasteiger partial charge in [0, 0.05) is 19.7 Å². The number of nitrogens with zero attached hydrogens (tertiary/aromatic N) is 2. The Kier molecular flexibility index (Phi) is 5.27. The molecule has 0 atom stereocenters. The Hall–Kier alpha value is -1.24. The van der Waals surface area contributed by atoms with Gasteiger partial charge in [-0.25, -0.2) is 0 Å². The van der Waals surface area contributed by atoms with Gasteiger partial charge in [0.25, 0.3) is 0 Å². The van der Waals surface area contributed by atoms with Gasteiger partial charge in [-0.05, 0) is 26.0 Å². The van der Waals surface area contributed by atoms with Crippen LogP contribution in [-0.4, -0.2) is 26.3 Å². The monoisotopic (exact) mass is 252 g/mol. The Labute approximate surface area is 108 Å². The molecule has 0 N–H and O–H groups in total. The standard InChI is InChI=1S/C13H17ClN2O/c1-10(2)16(7-8-17-3)13-6-4-5-12(14)11(13)9-15/h4-6,10H,7-8H2,1-3H3. The second-order valence-corrected chi connectivity index (χ2v) is 4.43. The average molecular weight is 253 g/mol. The molecule has 1 aromatic carbocycles. The number of nitriles is 1. The van der Waals surface area contributed by atoms with Crippen molar-refractivity contribution in [2.75, 3.05) is 25.2 Å². The summed E-state index contributed by atoms with van der Waals surface area (Å²) in [6.45, 7) is 5.52. The predicted molar refractivity (Wildman–Crippen MR) is 70.5 cm³/mol. The van der Waals surface area contributed by atoms with Crippen LogP contribution in [0.1, 0.15) is 19.4 Å². The van der Waals surface area contributed by atoms with Gasteiger partial charge in [0.2, 0.25) is 0 Å². The van der Waals surface area contributed by atoms with Gasteiger partial charge in [0.1, 0.15) is 6.07 Å². The summed E-state index contributed by atoms with van der Waals surface area (Å²) in [5.41, 5.74) is 1.39. The lowest BCUT2D eigenvalue weighted by Crippen LogP contribution is -2.34. The van der Waals surface area contributed by atoms with Crippen molar-refractivity contribution in [1.82, 2.24) is 0 Å². The summed E-state index contributed by atoms with van der Waals surface area (Å²) >= 11 is 6.03. The molecule has 1 aromatic rings. The maximum Gasteiger partial charge on any atom is 0.103 e. The molecule has 0 unspecified atom stereocenters. The Morgan fingerprint density at radius 1 is 1.47 bits per heavy atom. The van der Waals surface area contributed by atoms with E-state index in [0.29, 0.717) is 17.2 Å². The number of hydrogen-bond acceptors (Lipinski definition) is 3. The van der Waals surface area contributed by atoms with Crippen molar-refractivity contribution in [3.63, 3.8) is 0 Å². The summed E-state index contributed by atoms with van der Waals surface area (Å²) in [7, 11) is 1.67. The van der Waals surface area contributed by atoms with Gasteiger partial charge in [0.05, 0.1) is 22.9 Å². The van der Waals surface area contributed by atoms with Crippen molar-refractivity contribution in [3.8, 4) is 6.07 Å². The van der Waals surface area contributed by atoms with Crippen LogP contribution in [0.15, 0.2) is 18.2 Å². The molecule has 0 heterocycles. The van der Waals surface area contributed by atoms with Crippen molar-refractivity contribution < 1.29 is 4.74 Å². The van der Waals surface area contributed by atoms with Crippen LogP contribution in [0, 0.1) is 11.3 Å². The van der Waals surface area contributed by atoms with E-state index < -0.39 is 0 Å². The summed E-state index contributed by atoms with van der Waals surface area (Å²) in [6.07, 6.45) is 0. The molecule has 3 nitrogen and oxygen atoms in total. The number of halogens is 1. The van der Waals surface area contributed by atoms with E-state index in [-0.39, 0.29) is 6.04 Å². The van der Waals surface area contributed by atoms with E-state index in [2.05, 4.69) is 24.8 Å². The molecule has 0 saturated carbocycles. The van der Waals surface area contributed by atoms with Gasteiger partial charge in [-0.1, -0.05) is 17.7 Å². The van der Waals surface area contributed by atoms with Crippen LogP contribution in [-0.2, 0) is 4.74 Å². The van der Waals surface area contributed by atoms with Crippen molar-refractivity contribution in [2.45, 2.75) is 19.9 Å². The zero-order valence-electron chi connectivity index (χ0n) is 10.4. The summed E-state index contributed by atoms with van der Waals surface area (Å²) in [5.74, 6) is 0. The molecule has 0 amide bonds. The molecule has 17 heavy (non-hydrogen) atoms. The minimum absolute atomic E-state index is 0.288. The predicted octanol–water partition coefficient (Wildman–Crippen LogP) is 3.07. The van der Waals surface area contributed by atoms with Crippen LogP contribution < -0.4 is 4.90 Å². The van der Waals surface area contributed by atoms with Crippen molar-refractivity contribution in [1.29, 1.82) is 5.26 Å². The van der Waals surface area contributed by atoms with Gasteiger partial charge < -0.3 is 9.64 Å². The second-order valence-electron chi connectivity index (χ2n) is 4.03. The minimum Gasteiger partial charge on any atom is -0.383 e. The van der Waals surface area contributed by atoms with Gasteiger partial charge in [-0.15, -0.1) is 0 Å². The Bertz CT molecular complexity index is 412. The molecule has 92 valence electrons. The smallest absolute Gasteiger partial charge is 0.103 e. The largest absolute Gasteiger partial charge is 0.383 e. The molecular formula is C13H17ClN2O. The van der Waals surface area contributed by atoms with Crippen LogP contribution in [0.5, 0.6) is 0 Å². The van der Waals surface area contributed by atoms with Crippen molar-refractivity contribution >= 4 is 17.3 Å². The fraction of sp³-hybridized carbons (Fsp3) is 0.462. The van der Waals surface area contributed by atoms with Crippen molar-refractivity contribution in [3.05, 3.63) is 28.8 Å². The summed E-state index contributed by atoms with van der Waals surface area (Å²) in [6, 6.07) is 7.96. The highest BCUT2D eigenvalue weighted by Crippen LogP contribution is 2.27. The number of ether oxygens (including phenoxy) is 1. The lowest BCUT2D eigenvalue weighted by atomic mass is 10.1. The third-order valence-corrected chi connectivity index (χ3v) is 2.89. The first-order valence-corrected chi connectivity index (χ1v) is 5.93. The molecule has 0 saturated heterocycles. The van der Waals surface area contributed by atoms with E-state index in [1.807, 2.05) is 12.1 Å². The molecule has 4 heteroatoms. The van der Waals surface area contributed by atoms with E-state index in [9.17, 15) is 0 Å². The minimum atomic E-state index is 0.288. The molecule has 0 fully saturated rings. The van der Waals surface area contributed by atoms with Crippen LogP contribution >= 0.6 is 11.6 Å². The normalized spacial score (nSPS) is 10.4. The maximum absolute atomic E-state index is 9.16. The van der Waals surface area contributed by atoms with E-state index in [0.717, 1.165) is 12.2 Å². The Balaban J connectivity index is 3.10. The van der Waals surface area contributed by atoms with Crippen LogP contribution in [0.3, 0.4) is 0 Å². The zero-order chi connectivity index (χ0) is 12.8. The molecule has 0 aromatic heterocycles. The quantitative estimate of drug-likeness (QED) is 0.808. The Morgan fingerprint density at radius 3 is 2.71 bits per heavy atom. The lowest BCUT2D eigenvalue weighted by Gasteiger charge is -2.29. The molecule has 0 aliphatic rings. The van der Waals surface area contributed by atoms with Crippen LogP contribution in [0.25, 0.3) is 0 Å². The third-order valence-electron chi connectivity index (χ3n) is 2.57. The fourth-order valence-corrected chi connectivity index (χ4v) is 1.92. The summed E-state index contributed by atoms with van der Waals surface area (Å²) in [5, 5.41) is 9.66. The molecule has 1 rings (SSSR count). The average Bonchev–Trinajstić information content (AvgIpc) is 2.29. The number of benzene rings is 1. The van der Waals surface area contributed by atoms with Gasteiger partial charge in [-0.2, -0.15) is 5.26 Å². The molecule has 0 radical (unpaired) electrons. The first-order chi connectivity index (χ1) is 8.11. The molecule has 0 aliphatic heterocycles. The van der Waals surface area contributed by atoms with Gasteiger partial charge in [-0.3, -0.25) is 0 Å². The topological polar surface area (TPSA) is 36.3 Å². The number of hydrogen-bond donors (Lipinski definition) is 0. The fourth-order valence-electron chi connectivity index (χ4n) is 1.71. The number of methoxy groups -OCH3 is 1. The maximum atomic E-state index is 9.16. The van der Waals surface area contributed by atoms with E-state index in [1.54, 1.807) is 13.2 Å². The van der Waals surface area contributed by atoms with Crippen molar-refractivity contribution in [2.24, 2.45) is 0 Å². The summed E-state index contributed by atoms with van der Waals surface area (Å²) in [4.78, 5) is 2.12. The van der Waals surface area contributed by atoms with E-state index in [1.165, 1.54) is 0 Å². The van der Waals surface area contributed by atoms with Gasteiger partial charge >= 0.3 is 0 Å². The SMILES string of the molecule is COCCN(c1cccc(Cl)c1C#N)C(C)C. The molecule has 0 spiro atoms. The molecule has 0 bridgehead atoms. The first kappa shape index (κ1) is 13.8.